The van der Waals surface area contributed by atoms with E-state index in [1.54, 1.807) is 30.6 Å². The van der Waals surface area contributed by atoms with Crippen LogP contribution in [0.4, 0.5) is 5.82 Å². The van der Waals surface area contributed by atoms with Gasteiger partial charge in [-0.1, -0.05) is 6.07 Å². The van der Waals surface area contributed by atoms with Crippen LogP contribution in [0.15, 0.2) is 34.2 Å². The Morgan fingerprint density at radius 3 is 3.00 bits per heavy atom. The van der Waals surface area contributed by atoms with Crippen molar-refractivity contribution >= 4 is 39.0 Å². The van der Waals surface area contributed by atoms with Gasteiger partial charge in [-0.3, -0.25) is 4.79 Å². The molecule has 106 valence electrons. The van der Waals surface area contributed by atoms with Crippen molar-refractivity contribution in [3.8, 4) is 0 Å². The number of halogens is 1. The van der Waals surface area contributed by atoms with Gasteiger partial charge in [0.15, 0.2) is 0 Å². The van der Waals surface area contributed by atoms with Gasteiger partial charge in [0.05, 0.1) is 5.56 Å². The molecule has 2 heterocycles. The van der Waals surface area contributed by atoms with Crippen LogP contribution in [-0.4, -0.2) is 24.0 Å². The number of nitrogens with zero attached hydrogens (tertiary/aromatic N) is 1. The number of anilines is 1. The number of carbonyl (C=O) groups is 1. The molecule has 1 unspecified atom stereocenters. The van der Waals surface area contributed by atoms with Crippen LogP contribution >= 0.6 is 27.3 Å². The molecule has 20 heavy (non-hydrogen) atoms. The number of carbonyl (C=O) groups excluding carboxylic acids is 1. The van der Waals surface area contributed by atoms with Crippen LogP contribution in [0, 0.1) is 0 Å². The molecule has 0 aliphatic heterocycles. The molecule has 0 spiro atoms. The second-order valence-corrected chi connectivity index (χ2v) is 6.41. The number of nitrogens with one attached hydrogen (secondary N) is 2. The minimum absolute atomic E-state index is 0.0739. The fraction of sp³-hybridized carbons (Fsp3) is 0.286. The molecular formula is C14H16BrN3OS. The predicted molar refractivity (Wildman–Crippen MR) is 86.4 cm³/mol. The molecule has 2 rings (SSSR count). The molecule has 0 radical (unpaired) electrons. The number of hydrogen-bond acceptors (Lipinski definition) is 4. The summed E-state index contributed by atoms with van der Waals surface area (Å²) >= 11 is 5.04. The van der Waals surface area contributed by atoms with Gasteiger partial charge in [-0.15, -0.1) is 11.3 Å². The van der Waals surface area contributed by atoms with Gasteiger partial charge in [-0.25, -0.2) is 4.98 Å². The van der Waals surface area contributed by atoms with Crippen molar-refractivity contribution < 1.29 is 4.79 Å². The van der Waals surface area contributed by atoms with Crippen molar-refractivity contribution in [1.29, 1.82) is 0 Å². The Bertz CT molecular complexity index is 586. The van der Waals surface area contributed by atoms with Crippen LogP contribution in [0.1, 0.15) is 22.2 Å². The number of aromatic nitrogens is 1. The summed E-state index contributed by atoms with van der Waals surface area (Å²) < 4.78 is 0.785. The van der Waals surface area contributed by atoms with E-state index >= 15 is 0 Å². The van der Waals surface area contributed by atoms with Gasteiger partial charge in [-0.2, -0.15) is 0 Å². The highest BCUT2D eigenvalue weighted by molar-refractivity contribution is 9.10. The number of rotatable bonds is 5. The molecule has 1 atom stereocenters. The molecule has 0 aliphatic carbocycles. The lowest BCUT2D eigenvalue weighted by molar-refractivity contribution is 0.0940. The Labute approximate surface area is 130 Å². The molecular weight excluding hydrogens is 338 g/mol. The zero-order valence-corrected chi connectivity index (χ0v) is 13.7. The SMILES string of the molecule is CNc1ncc(Br)cc1C(=O)NC(C)Cc1cccs1. The van der Waals surface area contributed by atoms with E-state index < -0.39 is 0 Å². The maximum atomic E-state index is 12.3. The van der Waals surface area contributed by atoms with Crippen molar-refractivity contribution in [2.45, 2.75) is 19.4 Å². The summed E-state index contributed by atoms with van der Waals surface area (Å²) in [4.78, 5) is 17.8. The summed E-state index contributed by atoms with van der Waals surface area (Å²) in [5, 5.41) is 7.98. The molecule has 0 saturated carbocycles. The molecule has 2 aromatic rings. The third kappa shape index (κ3) is 3.80. The monoisotopic (exact) mass is 353 g/mol. The standard InChI is InChI=1S/C14H16BrN3OS/c1-9(6-11-4-3-5-20-11)18-14(19)12-7-10(15)8-17-13(12)16-2/h3-5,7-9H,6H2,1-2H3,(H,16,17)(H,18,19). The molecule has 0 aliphatic rings. The van der Waals surface area contributed by atoms with E-state index in [1.807, 2.05) is 18.4 Å². The first-order chi connectivity index (χ1) is 9.60. The second kappa shape index (κ2) is 6.85. The van der Waals surface area contributed by atoms with Gasteiger partial charge in [-0.05, 0) is 40.4 Å². The first-order valence-corrected chi connectivity index (χ1v) is 7.94. The smallest absolute Gasteiger partial charge is 0.255 e. The Kier molecular flexibility index (Phi) is 5.14. The van der Waals surface area contributed by atoms with E-state index in [-0.39, 0.29) is 11.9 Å². The lowest BCUT2D eigenvalue weighted by Gasteiger charge is -2.14. The fourth-order valence-corrected chi connectivity index (χ4v) is 3.06. The third-order valence-electron chi connectivity index (χ3n) is 2.80. The summed E-state index contributed by atoms with van der Waals surface area (Å²) in [5.74, 6) is 0.459. The molecule has 0 fully saturated rings. The van der Waals surface area contributed by atoms with Crippen molar-refractivity contribution in [2.24, 2.45) is 0 Å². The Balaban J connectivity index is 2.06. The fourth-order valence-electron chi connectivity index (χ4n) is 1.89. The van der Waals surface area contributed by atoms with Crippen LogP contribution < -0.4 is 10.6 Å². The van der Waals surface area contributed by atoms with E-state index in [9.17, 15) is 4.79 Å². The van der Waals surface area contributed by atoms with Crippen LogP contribution in [0.5, 0.6) is 0 Å². The minimum Gasteiger partial charge on any atom is -0.372 e. The summed E-state index contributed by atoms with van der Waals surface area (Å²) in [6.07, 6.45) is 2.50. The van der Waals surface area contributed by atoms with E-state index in [4.69, 9.17) is 0 Å². The summed E-state index contributed by atoms with van der Waals surface area (Å²) in [6.45, 7) is 2.00. The molecule has 2 N–H and O–H groups in total. The Morgan fingerprint density at radius 2 is 2.35 bits per heavy atom. The number of amides is 1. The Hall–Kier alpha value is -1.40. The first-order valence-electron chi connectivity index (χ1n) is 6.26. The van der Waals surface area contributed by atoms with E-state index in [0.717, 1.165) is 10.9 Å². The molecule has 2 aromatic heterocycles. The van der Waals surface area contributed by atoms with Crippen molar-refractivity contribution in [1.82, 2.24) is 10.3 Å². The molecule has 0 saturated heterocycles. The lowest BCUT2D eigenvalue weighted by atomic mass is 10.1. The van der Waals surface area contributed by atoms with Crippen LogP contribution in [0.25, 0.3) is 0 Å². The van der Waals surface area contributed by atoms with E-state index in [0.29, 0.717) is 11.4 Å². The topological polar surface area (TPSA) is 54.0 Å². The average molecular weight is 354 g/mol. The largest absolute Gasteiger partial charge is 0.372 e. The first kappa shape index (κ1) is 15.0. The zero-order valence-electron chi connectivity index (χ0n) is 11.3. The van der Waals surface area contributed by atoms with Gasteiger partial charge in [0.2, 0.25) is 0 Å². The van der Waals surface area contributed by atoms with Crippen molar-refractivity contribution in [3.63, 3.8) is 0 Å². The average Bonchev–Trinajstić information content (AvgIpc) is 2.91. The quantitative estimate of drug-likeness (QED) is 0.866. The van der Waals surface area contributed by atoms with Crippen molar-refractivity contribution in [3.05, 3.63) is 44.7 Å². The van der Waals surface area contributed by atoms with Gasteiger partial charge in [0.1, 0.15) is 5.82 Å². The normalized spacial score (nSPS) is 11.9. The molecule has 0 aromatic carbocycles. The van der Waals surface area contributed by atoms with Crippen molar-refractivity contribution in [2.75, 3.05) is 12.4 Å². The maximum Gasteiger partial charge on any atom is 0.255 e. The van der Waals surface area contributed by atoms with Crippen LogP contribution in [0.3, 0.4) is 0 Å². The molecule has 4 nitrogen and oxygen atoms in total. The summed E-state index contributed by atoms with van der Waals surface area (Å²) in [5.41, 5.74) is 0.542. The molecule has 6 heteroatoms. The van der Waals surface area contributed by atoms with Gasteiger partial charge >= 0.3 is 0 Å². The summed E-state index contributed by atoms with van der Waals surface area (Å²) in [7, 11) is 1.75. The highest BCUT2D eigenvalue weighted by Gasteiger charge is 2.15. The number of thiophene rings is 1. The van der Waals surface area contributed by atoms with Crippen LogP contribution in [-0.2, 0) is 6.42 Å². The number of pyridine rings is 1. The zero-order chi connectivity index (χ0) is 14.5. The number of hydrogen-bond donors (Lipinski definition) is 2. The van der Waals surface area contributed by atoms with Gasteiger partial charge < -0.3 is 10.6 Å². The maximum absolute atomic E-state index is 12.3. The minimum atomic E-state index is -0.118. The highest BCUT2D eigenvalue weighted by atomic mass is 79.9. The van der Waals surface area contributed by atoms with E-state index in [2.05, 4.69) is 37.6 Å². The van der Waals surface area contributed by atoms with Gasteiger partial charge in [0, 0.05) is 35.1 Å². The van der Waals surface area contributed by atoms with Crippen LogP contribution in [0.2, 0.25) is 0 Å². The highest BCUT2D eigenvalue weighted by Crippen LogP contribution is 2.18. The van der Waals surface area contributed by atoms with E-state index in [1.165, 1.54) is 4.88 Å². The predicted octanol–water partition coefficient (Wildman–Crippen LogP) is 3.31. The summed E-state index contributed by atoms with van der Waals surface area (Å²) in [6, 6.07) is 5.94. The molecule has 1 amide bonds. The lowest BCUT2D eigenvalue weighted by Crippen LogP contribution is -2.34. The van der Waals surface area contributed by atoms with Gasteiger partial charge in [0.25, 0.3) is 5.91 Å². The second-order valence-electron chi connectivity index (χ2n) is 4.46. The third-order valence-corrected chi connectivity index (χ3v) is 4.13. The molecule has 0 bridgehead atoms. The Morgan fingerprint density at radius 1 is 1.55 bits per heavy atom.